The maximum Gasteiger partial charge on any atom is 0.325 e. The van der Waals surface area contributed by atoms with Crippen LogP contribution in [0.15, 0.2) is 50.5 Å². The highest BCUT2D eigenvalue weighted by molar-refractivity contribution is 9.11. The van der Waals surface area contributed by atoms with Gasteiger partial charge >= 0.3 is 5.97 Å². The molecule has 1 fully saturated rings. The average Bonchev–Trinajstić information content (AvgIpc) is 2.85. The standard InChI is InChI=1S/C15H14BrNO4S2/c1-9-13(10-5-3-2-4-6-10)15(9,14(18)19)17-23(20,21)12-8-7-11(16)22-12/h2-9,13,17H,1H3,(H,18,19)/t9?,13-,15-/m0/s1. The molecule has 1 heterocycles. The first-order valence-corrected chi connectivity index (χ1v) is 9.96. The van der Waals surface area contributed by atoms with E-state index in [0.29, 0.717) is 3.79 Å². The van der Waals surface area contributed by atoms with Gasteiger partial charge in [-0.25, -0.2) is 8.42 Å². The van der Waals surface area contributed by atoms with Gasteiger partial charge in [-0.3, -0.25) is 4.79 Å². The van der Waals surface area contributed by atoms with Crippen LogP contribution in [0, 0.1) is 5.92 Å². The lowest BCUT2D eigenvalue weighted by atomic mass is 10.1. The van der Waals surface area contributed by atoms with Gasteiger partial charge in [-0.05, 0) is 39.5 Å². The van der Waals surface area contributed by atoms with E-state index >= 15 is 0 Å². The van der Waals surface area contributed by atoms with Gasteiger partial charge in [0.25, 0.3) is 10.0 Å². The average molecular weight is 416 g/mol. The fourth-order valence-electron chi connectivity index (χ4n) is 3.02. The van der Waals surface area contributed by atoms with Gasteiger partial charge in [0.05, 0.1) is 3.79 Å². The third-order valence-corrected chi connectivity index (χ3v) is 7.83. The number of carboxylic acids is 1. The minimum atomic E-state index is -3.90. The first-order valence-electron chi connectivity index (χ1n) is 6.86. The second-order valence-corrected chi connectivity index (χ2v) is 9.89. The summed E-state index contributed by atoms with van der Waals surface area (Å²) in [6, 6.07) is 12.2. The minimum absolute atomic E-state index is 0.0934. The molecular weight excluding hydrogens is 402 g/mol. The maximum atomic E-state index is 12.5. The number of halogens is 1. The molecule has 3 rings (SSSR count). The highest BCUT2D eigenvalue weighted by atomic mass is 79.9. The zero-order valence-corrected chi connectivity index (χ0v) is 15.3. The van der Waals surface area contributed by atoms with Crippen molar-refractivity contribution in [1.29, 1.82) is 0 Å². The highest BCUT2D eigenvalue weighted by Gasteiger charge is 2.70. The minimum Gasteiger partial charge on any atom is -0.480 e. The van der Waals surface area contributed by atoms with Gasteiger partial charge in [-0.2, -0.15) is 4.72 Å². The number of carbonyl (C=O) groups is 1. The zero-order chi connectivity index (χ0) is 16.8. The first kappa shape index (κ1) is 16.6. The summed E-state index contributed by atoms with van der Waals surface area (Å²) in [5.41, 5.74) is -0.686. The molecule has 122 valence electrons. The maximum absolute atomic E-state index is 12.5. The van der Waals surface area contributed by atoms with Crippen LogP contribution in [0.1, 0.15) is 18.4 Å². The SMILES string of the molecule is CC1[C@@H](c2ccccc2)[C@]1(NS(=O)(=O)c1ccc(Br)s1)C(=O)O. The van der Waals surface area contributed by atoms with Crippen molar-refractivity contribution in [3.63, 3.8) is 0 Å². The van der Waals surface area contributed by atoms with Gasteiger partial charge in [0, 0.05) is 5.92 Å². The van der Waals surface area contributed by atoms with Crippen molar-refractivity contribution in [3.05, 3.63) is 51.8 Å². The molecule has 8 heteroatoms. The number of benzene rings is 1. The Hall–Kier alpha value is -1.22. The molecule has 0 bridgehead atoms. The van der Waals surface area contributed by atoms with Gasteiger partial charge < -0.3 is 5.11 Å². The Labute approximate surface area is 146 Å². The second-order valence-electron chi connectivity index (χ2n) is 5.52. The van der Waals surface area contributed by atoms with E-state index in [9.17, 15) is 18.3 Å². The lowest BCUT2D eigenvalue weighted by Gasteiger charge is -2.15. The van der Waals surface area contributed by atoms with Crippen LogP contribution in [-0.4, -0.2) is 25.0 Å². The summed E-state index contributed by atoms with van der Waals surface area (Å²) in [5, 5.41) is 9.69. The predicted octanol–water partition coefficient (Wildman–Crippen LogP) is 3.05. The lowest BCUT2D eigenvalue weighted by molar-refractivity contribution is -0.140. The lowest BCUT2D eigenvalue weighted by Crippen LogP contribution is -2.45. The summed E-state index contributed by atoms with van der Waals surface area (Å²) < 4.78 is 28.3. The van der Waals surface area contributed by atoms with Gasteiger partial charge in [0.2, 0.25) is 0 Å². The largest absolute Gasteiger partial charge is 0.480 e. The number of thiophene rings is 1. The van der Waals surface area contributed by atoms with Gasteiger partial charge in [-0.15, -0.1) is 11.3 Å². The van der Waals surface area contributed by atoms with E-state index in [0.717, 1.165) is 16.9 Å². The molecule has 1 aromatic carbocycles. The van der Waals surface area contributed by atoms with Gasteiger partial charge in [0.1, 0.15) is 9.75 Å². The smallest absolute Gasteiger partial charge is 0.325 e. The van der Waals surface area contributed by atoms with Crippen LogP contribution < -0.4 is 4.72 Å². The van der Waals surface area contributed by atoms with Crippen LogP contribution in [0.3, 0.4) is 0 Å². The first-order chi connectivity index (χ1) is 10.8. The summed E-state index contributed by atoms with van der Waals surface area (Å²) in [6.07, 6.45) is 0. The van der Waals surface area contributed by atoms with E-state index in [1.807, 2.05) is 30.3 Å². The van der Waals surface area contributed by atoms with Crippen LogP contribution in [-0.2, 0) is 14.8 Å². The summed E-state index contributed by atoms with van der Waals surface area (Å²) in [7, 11) is -3.90. The van der Waals surface area contributed by atoms with Crippen molar-refractivity contribution >= 4 is 43.3 Å². The summed E-state index contributed by atoms with van der Waals surface area (Å²) in [6.45, 7) is 1.75. The fraction of sp³-hybridized carbons (Fsp3) is 0.267. The molecule has 0 aliphatic heterocycles. The topological polar surface area (TPSA) is 83.5 Å². The van der Waals surface area contributed by atoms with Crippen molar-refractivity contribution < 1.29 is 18.3 Å². The molecular formula is C15H14BrNO4S2. The van der Waals surface area contributed by atoms with Crippen molar-refractivity contribution in [1.82, 2.24) is 4.72 Å². The molecule has 5 nitrogen and oxygen atoms in total. The Morgan fingerprint density at radius 2 is 1.91 bits per heavy atom. The van der Waals surface area contributed by atoms with Crippen LogP contribution >= 0.6 is 27.3 Å². The van der Waals surface area contributed by atoms with Crippen LogP contribution in [0.5, 0.6) is 0 Å². The molecule has 0 radical (unpaired) electrons. The van der Waals surface area contributed by atoms with E-state index in [2.05, 4.69) is 20.7 Å². The molecule has 2 aromatic rings. The molecule has 0 spiro atoms. The molecule has 1 aliphatic carbocycles. The molecule has 0 saturated heterocycles. The van der Waals surface area contributed by atoms with Gasteiger partial charge in [-0.1, -0.05) is 37.3 Å². The third-order valence-electron chi connectivity index (χ3n) is 4.23. The number of hydrogen-bond acceptors (Lipinski definition) is 4. The predicted molar refractivity (Wildman–Crippen MR) is 91.1 cm³/mol. The Balaban J connectivity index is 1.97. The number of nitrogens with one attached hydrogen (secondary N) is 1. The van der Waals surface area contributed by atoms with Crippen molar-refractivity contribution in [2.75, 3.05) is 0 Å². The van der Waals surface area contributed by atoms with Crippen LogP contribution in [0.2, 0.25) is 0 Å². The Kier molecular flexibility index (Phi) is 4.12. The van der Waals surface area contributed by atoms with E-state index < -0.39 is 21.5 Å². The summed E-state index contributed by atoms with van der Waals surface area (Å²) >= 11 is 4.27. The zero-order valence-electron chi connectivity index (χ0n) is 12.1. The van der Waals surface area contributed by atoms with Crippen LogP contribution in [0.4, 0.5) is 0 Å². The van der Waals surface area contributed by atoms with Crippen molar-refractivity contribution in [2.45, 2.75) is 22.6 Å². The molecule has 3 atom stereocenters. The third kappa shape index (κ3) is 2.73. The molecule has 1 aliphatic rings. The molecule has 1 unspecified atom stereocenters. The molecule has 1 saturated carbocycles. The van der Waals surface area contributed by atoms with E-state index in [4.69, 9.17) is 0 Å². The highest BCUT2D eigenvalue weighted by Crippen LogP contribution is 2.58. The Morgan fingerprint density at radius 1 is 1.26 bits per heavy atom. The van der Waals surface area contributed by atoms with E-state index in [1.54, 1.807) is 13.0 Å². The molecule has 2 N–H and O–H groups in total. The second kappa shape index (κ2) is 5.70. The van der Waals surface area contributed by atoms with Crippen LogP contribution in [0.25, 0.3) is 0 Å². The monoisotopic (exact) mass is 415 g/mol. The Morgan fingerprint density at radius 3 is 2.43 bits per heavy atom. The van der Waals surface area contributed by atoms with Gasteiger partial charge in [0.15, 0.2) is 0 Å². The van der Waals surface area contributed by atoms with E-state index in [-0.39, 0.29) is 16.0 Å². The summed E-state index contributed by atoms with van der Waals surface area (Å²) in [4.78, 5) is 11.9. The molecule has 0 amide bonds. The molecule has 1 aromatic heterocycles. The number of aliphatic carboxylic acids is 1. The fourth-order valence-corrected chi connectivity index (χ4v) is 6.48. The number of carboxylic acid groups (broad SMARTS) is 1. The molecule has 23 heavy (non-hydrogen) atoms. The normalized spacial score (nSPS) is 26.9. The summed E-state index contributed by atoms with van der Waals surface area (Å²) in [5.74, 6) is -1.88. The Bertz CT molecular complexity index is 849. The number of hydrogen-bond donors (Lipinski definition) is 2. The number of sulfonamides is 1. The quantitative estimate of drug-likeness (QED) is 0.785. The van der Waals surface area contributed by atoms with Crippen molar-refractivity contribution in [2.24, 2.45) is 5.92 Å². The van der Waals surface area contributed by atoms with E-state index in [1.165, 1.54) is 6.07 Å². The van der Waals surface area contributed by atoms with Crippen molar-refractivity contribution in [3.8, 4) is 0 Å². The number of rotatable bonds is 5.